The number of amides is 1. The first kappa shape index (κ1) is 16.4. The van der Waals surface area contributed by atoms with Gasteiger partial charge in [-0.05, 0) is 42.7 Å². The highest BCUT2D eigenvalue weighted by Gasteiger charge is 2.24. The fourth-order valence-corrected chi connectivity index (χ4v) is 3.11. The summed E-state index contributed by atoms with van der Waals surface area (Å²) in [6.07, 6.45) is 9.24. The Morgan fingerprint density at radius 2 is 2.21 bits per heavy atom. The maximum Gasteiger partial charge on any atom is 0.267 e. The Bertz CT molecular complexity index is 680. The Morgan fingerprint density at radius 3 is 2.92 bits per heavy atom. The van der Waals surface area contributed by atoms with Crippen LogP contribution < -0.4 is 5.48 Å². The summed E-state index contributed by atoms with van der Waals surface area (Å²) in [6.45, 7) is 2.97. The molecule has 1 aromatic carbocycles. The van der Waals surface area contributed by atoms with Gasteiger partial charge in [0.25, 0.3) is 5.91 Å². The second-order valence-electron chi connectivity index (χ2n) is 6.05. The van der Waals surface area contributed by atoms with Crippen LogP contribution in [0.15, 0.2) is 48.8 Å². The maximum atomic E-state index is 11.0. The van der Waals surface area contributed by atoms with Crippen LogP contribution in [0.5, 0.6) is 0 Å². The van der Waals surface area contributed by atoms with Crippen LogP contribution in [-0.4, -0.2) is 38.4 Å². The van der Waals surface area contributed by atoms with Crippen molar-refractivity contribution in [2.24, 2.45) is 0 Å². The van der Waals surface area contributed by atoms with Crippen molar-refractivity contribution < 1.29 is 10.0 Å². The predicted octanol–water partition coefficient (Wildman–Crippen LogP) is 2.07. The Balaban J connectivity index is 1.58. The molecule has 1 atom stereocenters. The van der Waals surface area contributed by atoms with E-state index in [1.54, 1.807) is 11.6 Å². The zero-order valence-electron chi connectivity index (χ0n) is 13.5. The van der Waals surface area contributed by atoms with E-state index in [0.717, 1.165) is 25.2 Å². The van der Waals surface area contributed by atoms with Crippen LogP contribution in [0.4, 0.5) is 0 Å². The molecule has 1 amide bonds. The molecule has 1 unspecified atom stereocenters. The molecule has 0 bridgehead atoms. The molecule has 1 aliphatic heterocycles. The number of benzene rings is 1. The summed E-state index contributed by atoms with van der Waals surface area (Å²) in [6, 6.07) is 10.6. The summed E-state index contributed by atoms with van der Waals surface area (Å²) in [7, 11) is 0. The minimum absolute atomic E-state index is 0.526. The Labute approximate surface area is 141 Å². The van der Waals surface area contributed by atoms with E-state index in [4.69, 9.17) is 5.21 Å². The third kappa shape index (κ3) is 4.31. The van der Waals surface area contributed by atoms with Gasteiger partial charge in [0, 0.05) is 31.1 Å². The number of carbonyl (C=O) groups is 1. The second-order valence-corrected chi connectivity index (χ2v) is 6.05. The lowest BCUT2D eigenvalue weighted by Crippen LogP contribution is -2.32. The number of carbonyl (C=O) groups excluding carboxylic acids is 1. The molecular formula is C18H22N4O2. The highest BCUT2D eigenvalue weighted by atomic mass is 16.5. The topological polar surface area (TPSA) is 70.4 Å². The van der Waals surface area contributed by atoms with Gasteiger partial charge in [-0.25, -0.2) is 5.48 Å². The van der Waals surface area contributed by atoms with Gasteiger partial charge in [0.1, 0.15) is 0 Å². The van der Waals surface area contributed by atoms with Crippen LogP contribution in [0, 0.1) is 0 Å². The normalized spacial score (nSPS) is 18.3. The zero-order valence-corrected chi connectivity index (χ0v) is 13.5. The molecule has 3 rings (SSSR count). The maximum absolute atomic E-state index is 11.0. The predicted molar refractivity (Wildman–Crippen MR) is 91.1 cm³/mol. The lowest BCUT2D eigenvalue weighted by Gasteiger charge is -2.24. The average molecular weight is 326 g/mol. The number of nitrogens with zero attached hydrogens (tertiary/aromatic N) is 3. The lowest BCUT2D eigenvalue weighted by atomic mass is 10.1. The average Bonchev–Trinajstić information content (AvgIpc) is 3.27. The van der Waals surface area contributed by atoms with E-state index in [0.29, 0.717) is 6.04 Å². The summed E-state index contributed by atoms with van der Waals surface area (Å²) in [5, 5.41) is 12.8. The van der Waals surface area contributed by atoms with Crippen molar-refractivity contribution in [1.82, 2.24) is 20.2 Å². The van der Waals surface area contributed by atoms with Crippen molar-refractivity contribution in [2.75, 3.05) is 6.54 Å². The van der Waals surface area contributed by atoms with E-state index >= 15 is 0 Å². The Hall–Kier alpha value is -2.44. The number of rotatable bonds is 6. The lowest BCUT2D eigenvalue weighted by molar-refractivity contribution is -0.124. The van der Waals surface area contributed by atoms with Crippen LogP contribution >= 0.6 is 0 Å². The third-order valence-electron chi connectivity index (χ3n) is 4.36. The Morgan fingerprint density at radius 1 is 1.38 bits per heavy atom. The van der Waals surface area contributed by atoms with E-state index in [-0.39, 0.29) is 0 Å². The van der Waals surface area contributed by atoms with Crippen LogP contribution in [-0.2, 0) is 17.9 Å². The zero-order chi connectivity index (χ0) is 16.8. The fraction of sp³-hybridized carbons (Fsp3) is 0.333. The van der Waals surface area contributed by atoms with E-state index in [1.807, 2.05) is 35.3 Å². The molecule has 0 saturated carbocycles. The van der Waals surface area contributed by atoms with Gasteiger partial charge in [0.15, 0.2) is 0 Å². The van der Waals surface area contributed by atoms with Crippen LogP contribution in [0.25, 0.3) is 6.08 Å². The van der Waals surface area contributed by atoms with E-state index < -0.39 is 5.91 Å². The van der Waals surface area contributed by atoms with Gasteiger partial charge in [0.2, 0.25) is 0 Å². The van der Waals surface area contributed by atoms with Gasteiger partial charge in [-0.1, -0.05) is 24.3 Å². The standard InChI is InChI=1S/C18H22N4O2/c23-18(20-24)9-8-15-4-6-16(7-5-15)13-21-11-1-3-17(21)14-22-12-2-10-19-22/h2,4-10,12,17,24H,1,3,11,13-14H2,(H,20,23). The first-order valence-electron chi connectivity index (χ1n) is 8.17. The largest absolute Gasteiger partial charge is 0.294 e. The summed E-state index contributed by atoms with van der Waals surface area (Å²) >= 11 is 0. The molecule has 126 valence electrons. The molecule has 1 aromatic heterocycles. The number of hydrogen-bond acceptors (Lipinski definition) is 4. The van der Waals surface area contributed by atoms with Gasteiger partial charge < -0.3 is 0 Å². The minimum Gasteiger partial charge on any atom is -0.294 e. The van der Waals surface area contributed by atoms with Gasteiger partial charge in [-0.2, -0.15) is 5.10 Å². The highest BCUT2D eigenvalue weighted by Crippen LogP contribution is 2.21. The van der Waals surface area contributed by atoms with Crippen molar-refractivity contribution in [1.29, 1.82) is 0 Å². The van der Waals surface area contributed by atoms with Crippen molar-refractivity contribution >= 4 is 12.0 Å². The molecular weight excluding hydrogens is 304 g/mol. The molecule has 1 saturated heterocycles. The van der Waals surface area contributed by atoms with Gasteiger partial charge in [-0.3, -0.25) is 19.6 Å². The van der Waals surface area contributed by atoms with Crippen molar-refractivity contribution in [2.45, 2.75) is 32.0 Å². The van der Waals surface area contributed by atoms with E-state index in [9.17, 15) is 4.79 Å². The van der Waals surface area contributed by atoms with Crippen molar-refractivity contribution in [3.05, 3.63) is 59.9 Å². The summed E-state index contributed by atoms with van der Waals surface area (Å²) in [5.74, 6) is -0.530. The first-order chi connectivity index (χ1) is 11.7. The van der Waals surface area contributed by atoms with Crippen molar-refractivity contribution in [3.63, 3.8) is 0 Å². The fourth-order valence-electron chi connectivity index (χ4n) is 3.11. The van der Waals surface area contributed by atoms with Crippen molar-refractivity contribution in [3.8, 4) is 0 Å². The number of hydroxylamine groups is 1. The van der Waals surface area contributed by atoms with Crippen LogP contribution in [0.3, 0.4) is 0 Å². The molecule has 0 spiro atoms. The molecule has 1 fully saturated rings. The molecule has 1 aliphatic rings. The highest BCUT2D eigenvalue weighted by molar-refractivity contribution is 5.90. The van der Waals surface area contributed by atoms with Crippen LogP contribution in [0.1, 0.15) is 24.0 Å². The number of nitrogens with one attached hydrogen (secondary N) is 1. The van der Waals surface area contributed by atoms with E-state index in [2.05, 4.69) is 22.1 Å². The molecule has 6 heteroatoms. The Kier molecular flexibility index (Phi) is 5.40. The molecule has 2 N–H and O–H groups in total. The van der Waals surface area contributed by atoms with Gasteiger partial charge >= 0.3 is 0 Å². The molecule has 24 heavy (non-hydrogen) atoms. The smallest absolute Gasteiger partial charge is 0.267 e. The monoisotopic (exact) mass is 326 g/mol. The summed E-state index contributed by atoms with van der Waals surface area (Å²) in [4.78, 5) is 13.5. The first-order valence-corrected chi connectivity index (χ1v) is 8.17. The molecule has 2 heterocycles. The number of hydrogen-bond donors (Lipinski definition) is 2. The SMILES string of the molecule is O=C(C=Cc1ccc(CN2CCCC2Cn2cccn2)cc1)NO. The number of aromatic nitrogens is 2. The van der Waals surface area contributed by atoms with Gasteiger partial charge in [-0.15, -0.1) is 0 Å². The second kappa shape index (κ2) is 7.90. The summed E-state index contributed by atoms with van der Waals surface area (Å²) < 4.78 is 2.00. The van der Waals surface area contributed by atoms with Crippen LogP contribution in [0.2, 0.25) is 0 Å². The quantitative estimate of drug-likeness (QED) is 0.484. The number of likely N-dealkylation sites (tertiary alicyclic amines) is 1. The minimum atomic E-state index is -0.530. The molecule has 6 nitrogen and oxygen atoms in total. The van der Waals surface area contributed by atoms with E-state index in [1.165, 1.54) is 24.5 Å². The third-order valence-corrected chi connectivity index (χ3v) is 4.36. The summed E-state index contributed by atoms with van der Waals surface area (Å²) in [5.41, 5.74) is 3.76. The molecule has 2 aromatic rings. The molecule has 0 radical (unpaired) electrons. The molecule has 0 aliphatic carbocycles. The van der Waals surface area contributed by atoms with Gasteiger partial charge in [0.05, 0.1) is 6.54 Å².